The van der Waals surface area contributed by atoms with Crippen LogP contribution in [0, 0.1) is 6.92 Å². The zero-order valence-electron chi connectivity index (χ0n) is 13.9. The number of carbonyl (C=O) groups is 2. The molecule has 2 heterocycles. The van der Waals surface area contributed by atoms with Crippen LogP contribution in [-0.2, 0) is 4.74 Å². The molecule has 7 nitrogen and oxygen atoms in total. The molecule has 1 saturated heterocycles. The number of hydrogen-bond acceptors (Lipinski definition) is 5. The summed E-state index contributed by atoms with van der Waals surface area (Å²) in [5.74, 6) is -0.994. The van der Waals surface area contributed by atoms with Crippen LogP contribution in [0.1, 0.15) is 26.3 Å². The number of carboxylic acid groups (broad SMARTS) is 1. The Morgan fingerprint density at radius 1 is 1.24 bits per heavy atom. The van der Waals surface area contributed by atoms with Gasteiger partial charge in [-0.1, -0.05) is 17.7 Å². The number of anilines is 2. The van der Waals surface area contributed by atoms with Gasteiger partial charge in [-0.3, -0.25) is 4.79 Å². The third-order valence-corrected chi connectivity index (χ3v) is 3.95. The van der Waals surface area contributed by atoms with Gasteiger partial charge in [-0.2, -0.15) is 0 Å². The normalized spacial score (nSPS) is 14.2. The van der Waals surface area contributed by atoms with E-state index in [9.17, 15) is 14.7 Å². The minimum atomic E-state index is -1.08. The lowest BCUT2D eigenvalue weighted by molar-refractivity contribution is 0.0695. The Kier molecular flexibility index (Phi) is 4.95. The van der Waals surface area contributed by atoms with Crippen LogP contribution in [0.2, 0.25) is 0 Å². The smallest absolute Gasteiger partial charge is 0.339 e. The highest BCUT2D eigenvalue weighted by Gasteiger charge is 2.21. The number of carboxylic acids is 1. The highest BCUT2D eigenvalue weighted by molar-refractivity contribution is 6.05. The number of amides is 1. The van der Waals surface area contributed by atoms with E-state index in [-0.39, 0.29) is 11.5 Å². The number of hydrogen-bond donors (Lipinski definition) is 2. The van der Waals surface area contributed by atoms with Gasteiger partial charge in [0.2, 0.25) is 0 Å². The van der Waals surface area contributed by atoms with Crippen LogP contribution in [0.4, 0.5) is 11.5 Å². The molecule has 1 aliphatic rings. The van der Waals surface area contributed by atoms with Gasteiger partial charge in [0.1, 0.15) is 11.4 Å². The molecule has 0 bridgehead atoms. The van der Waals surface area contributed by atoms with Crippen LogP contribution in [0.5, 0.6) is 0 Å². The van der Waals surface area contributed by atoms with Crippen LogP contribution in [0.3, 0.4) is 0 Å². The molecule has 7 heteroatoms. The topological polar surface area (TPSA) is 91.8 Å². The van der Waals surface area contributed by atoms with Crippen molar-refractivity contribution in [3.63, 3.8) is 0 Å². The molecule has 25 heavy (non-hydrogen) atoms. The summed E-state index contributed by atoms with van der Waals surface area (Å²) in [4.78, 5) is 30.1. The molecule has 0 unspecified atom stereocenters. The van der Waals surface area contributed by atoms with E-state index < -0.39 is 5.97 Å². The van der Waals surface area contributed by atoms with Crippen LogP contribution >= 0.6 is 0 Å². The number of aromatic nitrogens is 1. The van der Waals surface area contributed by atoms with Crippen molar-refractivity contribution in [2.45, 2.75) is 6.92 Å². The Balaban J connectivity index is 1.84. The third kappa shape index (κ3) is 3.95. The fraction of sp³-hybridized carbons (Fsp3) is 0.278. The Hall–Kier alpha value is -2.93. The first-order chi connectivity index (χ1) is 12.0. The summed E-state index contributed by atoms with van der Waals surface area (Å²) in [5.41, 5.74) is 1.89. The van der Waals surface area contributed by atoms with E-state index in [0.29, 0.717) is 43.4 Å². The summed E-state index contributed by atoms with van der Waals surface area (Å²) in [7, 11) is 0. The molecule has 2 N–H and O–H groups in total. The predicted molar refractivity (Wildman–Crippen MR) is 93.4 cm³/mol. The fourth-order valence-electron chi connectivity index (χ4n) is 2.70. The summed E-state index contributed by atoms with van der Waals surface area (Å²) in [6.07, 6.45) is 1.48. The van der Waals surface area contributed by atoms with E-state index in [1.807, 2.05) is 17.9 Å². The van der Waals surface area contributed by atoms with Crippen molar-refractivity contribution in [2.24, 2.45) is 0 Å². The molecule has 130 valence electrons. The van der Waals surface area contributed by atoms with Gasteiger partial charge in [0, 0.05) is 18.7 Å². The Labute approximate surface area is 145 Å². The average Bonchev–Trinajstić information content (AvgIpc) is 2.62. The number of rotatable bonds is 4. The molecule has 0 atom stereocenters. The lowest BCUT2D eigenvalue weighted by Crippen LogP contribution is -2.37. The SMILES string of the molecule is Cc1cccc(C(=O)Nc2cnc(N3CCOCC3)c(C(=O)O)c2)c1. The lowest BCUT2D eigenvalue weighted by Gasteiger charge is -2.28. The molecule has 1 aliphatic heterocycles. The van der Waals surface area contributed by atoms with Gasteiger partial charge in [-0.15, -0.1) is 0 Å². The molecule has 1 aromatic carbocycles. The summed E-state index contributed by atoms with van der Waals surface area (Å²) in [6, 6.07) is 8.61. The van der Waals surface area contributed by atoms with Crippen LogP contribution in [-0.4, -0.2) is 48.3 Å². The molecular formula is C18H19N3O4. The number of nitrogens with one attached hydrogen (secondary N) is 1. The van der Waals surface area contributed by atoms with Crippen molar-refractivity contribution in [1.29, 1.82) is 0 Å². The Bertz CT molecular complexity index is 801. The fourth-order valence-corrected chi connectivity index (χ4v) is 2.70. The van der Waals surface area contributed by atoms with E-state index in [2.05, 4.69) is 10.3 Å². The van der Waals surface area contributed by atoms with Crippen molar-refractivity contribution in [3.8, 4) is 0 Å². The summed E-state index contributed by atoms with van der Waals surface area (Å²) in [5, 5.41) is 12.2. The van der Waals surface area contributed by atoms with E-state index in [1.165, 1.54) is 12.3 Å². The van der Waals surface area contributed by atoms with Crippen molar-refractivity contribution in [2.75, 3.05) is 36.5 Å². The summed E-state index contributed by atoms with van der Waals surface area (Å²) >= 11 is 0. The van der Waals surface area contributed by atoms with Gasteiger partial charge >= 0.3 is 5.97 Å². The van der Waals surface area contributed by atoms with Gasteiger partial charge in [0.15, 0.2) is 0 Å². The van der Waals surface area contributed by atoms with Crippen molar-refractivity contribution >= 4 is 23.4 Å². The first-order valence-electron chi connectivity index (χ1n) is 7.98. The highest BCUT2D eigenvalue weighted by Crippen LogP contribution is 2.23. The number of morpholine rings is 1. The molecular weight excluding hydrogens is 322 g/mol. The molecule has 1 amide bonds. The van der Waals surface area contributed by atoms with Crippen molar-refractivity contribution in [1.82, 2.24) is 4.98 Å². The predicted octanol–water partition coefficient (Wildman–Crippen LogP) is 2.18. The standard InChI is InChI=1S/C18H19N3O4/c1-12-3-2-4-13(9-12)17(22)20-14-10-15(18(23)24)16(19-11-14)21-5-7-25-8-6-21/h2-4,9-11H,5-8H2,1H3,(H,20,22)(H,23,24). The van der Waals surface area contributed by atoms with Crippen molar-refractivity contribution < 1.29 is 19.4 Å². The molecule has 0 aliphatic carbocycles. The van der Waals surface area contributed by atoms with Gasteiger partial charge in [-0.05, 0) is 25.1 Å². The molecule has 0 saturated carbocycles. The maximum Gasteiger partial charge on any atom is 0.339 e. The molecule has 2 aromatic rings. The number of aryl methyl sites for hydroxylation is 1. The largest absolute Gasteiger partial charge is 0.478 e. The quantitative estimate of drug-likeness (QED) is 0.886. The molecule has 1 fully saturated rings. The number of pyridine rings is 1. The average molecular weight is 341 g/mol. The van der Waals surface area contributed by atoms with Crippen LogP contribution < -0.4 is 10.2 Å². The second-order valence-electron chi connectivity index (χ2n) is 5.82. The summed E-state index contributed by atoms with van der Waals surface area (Å²) in [6.45, 7) is 4.14. The van der Waals surface area contributed by atoms with Gasteiger partial charge in [0.25, 0.3) is 5.91 Å². The third-order valence-electron chi connectivity index (χ3n) is 3.95. The summed E-state index contributed by atoms with van der Waals surface area (Å²) < 4.78 is 5.28. The molecule has 3 rings (SSSR count). The zero-order valence-corrected chi connectivity index (χ0v) is 13.9. The number of carbonyl (C=O) groups excluding carboxylic acids is 1. The van der Waals surface area contributed by atoms with Crippen molar-refractivity contribution in [3.05, 3.63) is 53.2 Å². The van der Waals surface area contributed by atoms with Gasteiger partial charge < -0.3 is 20.1 Å². The number of nitrogens with zero attached hydrogens (tertiary/aromatic N) is 2. The van der Waals surface area contributed by atoms with E-state index in [4.69, 9.17) is 4.74 Å². The maximum atomic E-state index is 12.3. The monoisotopic (exact) mass is 341 g/mol. The molecule has 0 radical (unpaired) electrons. The van der Waals surface area contributed by atoms with Gasteiger partial charge in [0.05, 0.1) is 25.1 Å². The molecule has 1 aromatic heterocycles. The van der Waals surface area contributed by atoms with E-state index >= 15 is 0 Å². The van der Waals surface area contributed by atoms with Gasteiger partial charge in [-0.25, -0.2) is 9.78 Å². The van der Waals surface area contributed by atoms with Crippen LogP contribution in [0.25, 0.3) is 0 Å². The highest BCUT2D eigenvalue weighted by atomic mass is 16.5. The Morgan fingerprint density at radius 3 is 2.68 bits per heavy atom. The zero-order chi connectivity index (χ0) is 17.8. The second kappa shape index (κ2) is 7.31. The number of aromatic carboxylic acids is 1. The van der Waals surface area contributed by atoms with E-state index in [1.54, 1.807) is 18.2 Å². The first kappa shape index (κ1) is 16.9. The lowest BCUT2D eigenvalue weighted by atomic mass is 10.1. The minimum absolute atomic E-state index is 0.0592. The minimum Gasteiger partial charge on any atom is -0.478 e. The number of benzene rings is 1. The Morgan fingerprint density at radius 2 is 2.00 bits per heavy atom. The first-order valence-corrected chi connectivity index (χ1v) is 7.98. The maximum absolute atomic E-state index is 12.3. The van der Waals surface area contributed by atoms with Crippen LogP contribution in [0.15, 0.2) is 36.5 Å². The number of ether oxygens (including phenoxy) is 1. The molecule has 0 spiro atoms. The van der Waals surface area contributed by atoms with E-state index in [0.717, 1.165) is 5.56 Å². The second-order valence-corrected chi connectivity index (χ2v) is 5.82.